The minimum Gasteiger partial charge on any atom is -0.324 e. The molecule has 1 fully saturated rings. The predicted octanol–water partition coefficient (Wildman–Crippen LogP) is 2.61. The molecule has 0 radical (unpaired) electrons. The number of hydrogen-bond acceptors (Lipinski definition) is 3. The summed E-state index contributed by atoms with van der Waals surface area (Å²) in [5.41, 5.74) is 0.0362. The Morgan fingerprint density at radius 3 is 2.19 bits per heavy atom. The molecule has 1 aliphatic carbocycles. The molecule has 0 aliphatic heterocycles. The predicted molar refractivity (Wildman–Crippen MR) is 82.5 cm³/mol. The molecule has 2 rings (SSSR count). The number of sulfonamides is 1. The first-order valence-corrected chi connectivity index (χ1v) is 8.44. The van der Waals surface area contributed by atoms with Crippen LogP contribution in [0.2, 0.25) is 5.02 Å². The average molecular weight is 331 g/mol. The molecule has 1 saturated carbocycles. The molecule has 1 aromatic rings. The maximum absolute atomic E-state index is 12.4. The molecule has 0 atom stereocenters. The highest BCUT2D eigenvalue weighted by Crippen LogP contribution is 2.68. The summed E-state index contributed by atoms with van der Waals surface area (Å²) in [4.78, 5) is 12.3. The van der Waals surface area contributed by atoms with Gasteiger partial charge in [-0.05, 0) is 29.0 Å². The van der Waals surface area contributed by atoms with Crippen molar-refractivity contribution in [2.75, 3.05) is 5.32 Å². The van der Waals surface area contributed by atoms with Crippen LogP contribution in [0.15, 0.2) is 23.1 Å². The number of rotatable bonds is 3. The van der Waals surface area contributed by atoms with Gasteiger partial charge < -0.3 is 5.32 Å². The molecule has 0 aromatic heterocycles. The molecule has 0 bridgehead atoms. The van der Waals surface area contributed by atoms with E-state index >= 15 is 0 Å². The maximum atomic E-state index is 12.4. The van der Waals surface area contributed by atoms with Crippen molar-refractivity contribution in [2.45, 2.75) is 32.6 Å². The zero-order chi connectivity index (χ0) is 16.2. The Balaban J connectivity index is 2.27. The van der Waals surface area contributed by atoms with Crippen molar-refractivity contribution in [3.05, 3.63) is 23.2 Å². The van der Waals surface area contributed by atoms with Crippen LogP contribution in [0.1, 0.15) is 27.7 Å². The average Bonchev–Trinajstić information content (AvgIpc) is 2.70. The summed E-state index contributed by atoms with van der Waals surface area (Å²) in [7, 11) is -3.84. The van der Waals surface area contributed by atoms with Crippen molar-refractivity contribution in [3.8, 4) is 0 Å². The number of benzene rings is 1. The van der Waals surface area contributed by atoms with Crippen LogP contribution < -0.4 is 10.5 Å². The molecule has 1 amide bonds. The van der Waals surface area contributed by atoms with Crippen molar-refractivity contribution >= 4 is 33.2 Å². The van der Waals surface area contributed by atoms with Crippen LogP contribution >= 0.6 is 11.6 Å². The number of carbonyl (C=O) groups excluding carboxylic acids is 1. The number of hydrogen-bond donors (Lipinski definition) is 2. The van der Waals surface area contributed by atoms with E-state index in [1.54, 1.807) is 0 Å². The maximum Gasteiger partial charge on any atom is 0.238 e. The number of amides is 1. The molecular weight excluding hydrogens is 312 g/mol. The van der Waals surface area contributed by atoms with E-state index in [2.05, 4.69) is 5.32 Å². The fourth-order valence-electron chi connectivity index (χ4n) is 2.83. The zero-order valence-electron chi connectivity index (χ0n) is 12.4. The summed E-state index contributed by atoms with van der Waals surface area (Å²) in [6.45, 7) is 8.11. The van der Waals surface area contributed by atoms with Crippen molar-refractivity contribution < 1.29 is 13.2 Å². The second-order valence-corrected chi connectivity index (χ2v) is 8.52. The van der Waals surface area contributed by atoms with Crippen LogP contribution in [-0.4, -0.2) is 14.3 Å². The number of nitrogens with two attached hydrogens (primary N) is 1. The summed E-state index contributed by atoms with van der Waals surface area (Å²) in [5, 5.41) is 8.06. The number of halogens is 1. The Bertz CT molecular complexity index is 697. The first-order chi connectivity index (χ1) is 9.39. The Labute approximate surface area is 129 Å². The third kappa shape index (κ3) is 2.67. The second kappa shape index (κ2) is 4.69. The van der Waals surface area contributed by atoms with Gasteiger partial charge in [-0.3, -0.25) is 4.79 Å². The van der Waals surface area contributed by atoms with Crippen molar-refractivity contribution in [1.82, 2.24) is 0 Å². The van der Waals surface area contributed by atoms with E-state index in [1.807, 2.05) is 27.7 Å². The Kier molecular flexibility index (Phi) is 3.64. The highest BCUT2D eigenvalue weighted by atomic mass is 35.5. The lowest BCUT2D eigenvalue weighted by molar-refractivity contribution is -0.118. The van der Waals surface area contributed by atoms with Crippen LogP contribution in [0.25, 0.3) is 0 Å². The summed E-state index contributed by atoms with van der Waals surface area (Å²) in [5.74, 6) is -0.322. The molecule has 3 N–H and O–H groups in total. The molecular formula is C14H19ClN2O3S. The molecule has 0 heterocycles. The van der Waals surface area contributed by atoms with Crippen LogP contribution in [0.3, 0.4) is 0 Å². The van der Waals surface area contributed by atoms with Crippen LogP contribution in [0.5, 0.6) is 0 Å². The normalized spacial score (nSPS) is 20.1. The quantitative estimate of drug-likeness (QED) is 0.892. The smallest absolute Gasteiger partial charge is 0.238 e. The molecule has 0 unspecified atom stereocenters. The third-order valence-electron chi connectivity index (χ3n) is 4.81. The van der Waals surface area contributed by atoms with Crippen LogP contribution in [-0.2, 0) is 14.8 Å². The van der Waals surface area contributed by atoms with Gasteiger partial charge in [-0.15, -0.1) is 0 Å². The summed E-state index contributed by atoms with van der Waals surface area (Å²) in [6.07, 6.45) is 0. The molecule has 1 aromatic carbocycles. The number of primary sulfonamides is 1. The van der Waals surface area contributed by atoms with E-state index in [9.17, 15) is 13.2 Å². The fraction of sp³-hybridized carbons (Fsp3) is 0.500. The molecule has 0 saturated heterocycles. The molecule has 0 spiro atoms. The lowest BCUT2D eigenvalue weighted by Crippen LogP contribution is -2.19. The first-order valence-electron chi connectivity index (χ1n) is 6.52. The SMILES string of the molecule is CC1(C)C(C(=O)Nc2cc(S(N)(=O)=O)ccc2Cl)C1(C)C. The summed E-state index contributed by atoms with van der Waals surface area (Å²) >= 11 is 6.01. The second-order valence-electron chi connectivity index (χ2n) is 6.55. The van der Waals surface area contributed by atoms with Gasteiger partial charge in [-0.2, -0.15) is 0 Å². The summed E-state index contributed by atoms with van der Waals surface area (Å²) < 4.78 is 22.7. The van der Waals surface area contributed by atoms with Gasteiger partial charge in [0.2, 0.25) is 15.9 Å². The molecule has 21 heavy (non-hydrogen) atoms. The van der Waals surface area contributed by atoms with Crippen LogP contribution in [0.4, 0.5) is 5.69 Å². The monoisotopic (exact) mass is 330 g/mol. The number of carbonyl (C=O) groups is 1. The first kappa shape index (κ1) is 16.3. The van der Waals surface area contributed by atoms with E-state index < -0.39 is 10.0 Å². The Morgan fingerprint density at radius 1 is 1.24 bits per heavy atom. The number of anilines is 1. The van der Waals surface area contributed by atoms with Gasteiger partial charge in [0.15, 0.2) is 0 Å². The van der Waals surface area contributed by atoms with E-state index in [4.69, 9.17) is 16.7 Å². The van der Waals surface area contributed by atoms with Gasteiger partial charge in [0, 0.05) is 5.92 Å². The minimum absolute atomic E-state index is 0.0866. The highest BCUT2D eigenvalue weighted by Gasteiger charge is 2.68. The highest BCUT2D eigenvalue weighted by molar-refractivity contribution is 7.89. The van der Waals surface area contributed by atoms with Crippen molar-refractivity contribution in [1.29, 1.82) is 0 Å². The van der Waals surface area contributed by atoms with Crippen molar-refractivity contribution in [3.63, 3.8) is 0 Å². The minimum atomic E-state index is -3.84. The van der Waals surface area contributed by atoms with E-state index in [0.717, 1.165) is 0 Å². The van der Waals surface area contributed by atoms with Gasteiger partial charge in [-0.1, -0.05) is 39.3 Å². The van der Waals surface area contributed by atoms with Crippen LogP contribution in [0, 0.1) is 16.7 Å². The zero-order valence-corrected chi connectivity index (χ0v) is 14.0. The standard InChI is InChI=1S/C14H19ClN2O3S/c1-13(2)11(14(13,3)4)12(18)17-10-7-8(21(16,19)20)5-6-9(10)15/h5-7,11H,1-4H3,(H,17,18)(H2,16,19,20). The van der Waals surface area contributed by atoms with Gasteiger partial charge in [0.05, 0.1) is 15.6 Å². The third-order valence-corrected chi connectivity index (χ3v) is 6.05. The van der Waals surface area contributed by atoms with Gasteiger partial charge in [-0.25, -0.2) is 13.6 Å². The Hall–Kier alpha value is -1.11. The Morgan fingerprint density at radius 2 is 1.76 bits per heavy atom. The summed E-state index contributed by atoms with van der Waals surface area (Å²) in [6, 6.07) is 3.98. The van der Waals surface area contributed by atoms with Gasteiger partial charge in [0.25, 0.3) is 0 Å². The molecule has 7 heteroatoms. The van der Waals surface area contributed by atoms with E-state index in [0.29, 0.717) is 0 Å². The van der Waals surface area contributed by atoms with Gasteiger partial charge in [0.1, 0.15) is 0 Å². The number of nitrogens with one attached hydrogen (secondary N) is 1. The fourth-order valence-corrected chi connectivity index (χ4v) is 3.54. The molecule has 116 valence electrons. The van der Waals surface area contributed by atoms with E-state index in [-0.39, 0.29) is 38.3 Å². The lowest BCUT2D eigenvalue weighted by atomic mass is 10.0. The van der Waals surface area contributed by atoms with Gasteiger partial charge >= 0.3 is 0 Å². The van der Waals surface area contributed by atoms with Crippen molar-refractivity contribution in [2.24, 2.45) is 21.9 Å². The largest absolute Gasteiger partial charge is 0.324 e. The topological polar surface area (TPSA) is 89.3 Å². The van der Waals surface area contributed by atoms with E-state index in [1.165, 1.54) is 18.2 Å². The molecule has 5 nitrogen and oxygen atoms in total. The molecule has 1 aliphatic rings. The lowest BCUT2D eigenvalue weighted by Gasteiger charge is -2.10.